The first-order chi connectivity index (χ1) is 8.22. The average molecular weight is 260 g/mol. The highest BCUT2D eigenvalue weighted by atomic mass is 35.5. The van der Waals surface area contributed by atoms with Gasteiger partial charge in [0.2, 0.25) is 5.91 Å². The number of carbonyl (C=O) groups excluding carboxylic acids is 1. The van der Waals surface area contributed by atoms with Crippen LogP contribution in [-0.2, 0) is 4.79 Å². The van der Waals surface area contributed by atoms with E-state index in [0.29, 0.717) is 12.3 Å². The first-order valence-electron chi connectivity index (χ1n) is 7.05. The molecule has 1 aliphatic rings. The highest BCUT2D eigenvalue weighted by Gasteiger charge is 2.18. The fourth-order valence-electron chi connectivity index (χ4n) is 2.71. The van der Waals surface area contributed by atoms with Gasteiger partial charge in [0.05, 0.1) is 0 Å². The lowest BCUT2D eigenvalue weighted by Gasteiger charge is -2.26. The Balaban J connectivity index is 2.00. The number of halogens is 1. The molecule has 0 radical (unpaired) electrons. The number of unbranched alkanes of at least 4 members (excludes halogenated alkanes) is 1. The summed E-state index contributed by atoms with van der Waals surface area (Å²) in [6.45, 7) is 3.20. The van der Waals surface area contributed by atoms with Crippen molar-refractivity contribution in [2.75, 3.05) is 12.4 Å². The molecule has 1 N–H and O–H groups in total. The van der Waals surface area contributed by atoms with Gasteiger partial charge in [0, 0.05) is 18.8 Å². The summed E-state index contributed by atoms with van der Waals surface area (Å²) >= 11 is 5.57. The third-order valence-electron chi connectivity index (χ3n) is 3.71. The van der Waals surface area contributed by atoms with Crippen molar-refractivity contribution < 1.29 is 4.79 Å². The van der Waals surface area contributed by atoms with Crippen molar-refractivity contribution in [3.63, 3.8) is 0 Å². The Hall–Kier alpha value is -0.240. The lowest BCUT2D eigenvalue weighted by Crippen LogP contribution is -2.26. The Morgan fingerprint density at radius 1 is 1.35 bits per heavy atom. The summed E-state index contributed by atoms with van der Waals surface area (Å²) in [7, 11) is 0. The maximum absolute atomic E-state index is 11.5. The van der Waals surface area contributed by atoms with Gasteiger partial charge in [-0.15, -0.1) is 11.6 Å². The van der Waals surface area contributed by atoms with E-state index < -0.39 is 0 Å². The molecule has 100 valence electrons. The van der Waals surface area contributed by atoms with Gasteiger partial charge in [-0.1, -0.05) is 26.2 Å². The van der Waals surface area contributed by atoms with Gasteiger partial charge in [0.1, 0.15) is 0 Å². The quantitative estimate of drug-likeness (QED) is 0.548. The first-order valence-corrected chi connectivity index (χ1v) is 7.58. The van der Waals surface area contributed by atoms with Crippen molar-refractivity contribution in [3.05, 3.63) is 0 Å². The summed E-state index contributed by atoms with van der Waals surface area (Å²) in [5.74, 6) is 2.57. The number of amides is 1. The van der Waals surface area contributed by atoms with Crippen LogP contribution in [0.1, 0.15) is 58.3 Å². The number of nitrogens with one attached hydrogen (secondary N) is 1. The Kier molecular flexibility index (Phi) is 7.67. The molecule has 1 amide bonds. The molecule has 0 spiro atoms. The lowest BCUT2D eigenvalue weighted by atomic mass is 9.81. The van der Waals surface area contributed by atoms with Gasteiger partial charge in [-0.2, -0.15) is 0 Å². The Morgan fingerprint density at radius 2 is 2.18 bits per heavy atom. The van der Waals surface area contributed by atoms with Crippen LogP contribution in [0.2, 0.25) is 0 Å². The molecule has 2 atom stereocenters. The van der Waals surface area contributed by atoms with Gasteiger partial charge in [0.15, 0.2) is 0 Å². The molecule has 2 nitrogen and oxygen atoms in total. The van der Waals surface area contributed by atoms with Crippen molar-refractivity contribution in [2.45, 2.75) is 58.3 Å². The Bertz CT molecular complexity index is 220. The standard InChI is InChI=1S/C14H26ClNO/c1-12-5-4-6-13(11-12)8-10-16-14(17)7-2-3-9-15/h12-13H,2-11H2,1H3,(H,16,17). The molecule has 1 rings (SSSR count). The van der Waals surface area contributed by atoms with Crippen LogP contribution in [0.4, 0.5) is 0 Å². The summed E-state index contributed by atoms with van der Waals surface area (Å²) < 4.78 is 0. The van der Waals surface area contributed by atoms with Crippen LogP contribution in [0, 0.1) is 11.8 Å². The lowest BCUT2D eigenvalue weighted by molar-refractivity contribution is -0.121. The second-order valence-electron chi connectivity index (χ2n) is 5.42. The Labute approximate surface area is 110 Å². The van der Waals surface area contributed by atoms with E-state index in [1.807, 2.05) is 0 Å². The highest BCUT2D eigenvalue weighted by Crippen LogP contribution is 2.30. The molecule has 3 heteroatoms. The zero-order valence-corrected chi connectivity index (χ0v) is 11.8. The maximum Gasteiger partial charge on any atom is 0.219 e. The summed E-state index contributed by atoms with van der Waals surface area (Å²) in [6, 6.07) is 0. The molecule has 0 aromatic carbocycles. The van der Waals surface area contributed by atoms with Crippen LogP contribution in [0.15, 0.2) is 0 Å². The normalized spacial score (nSPS) is 24.6. The van der Waals surface area contributed by atoms with Crippen LogP contribution >= 0.6 is 11.6 Å². The van der Waals surface area contributed by atoms with Crippen molar-refractivity contribution in [1.82, 2.24) is 5.32 Å². The van der Waals surface area contributed by atoms with E-state index in [1.54, 1.807) is 0 Å². The van der Waals surface area contributed by atoms with Gasteiger partial charge in [-0.3, -0.25) is 4.79 Å². The fourth-order valence-corrected chi connectivity index (χ4v) is 2.90. The second kappa shape index (κ2) is 8.79. The molecular formula is C14H26ClNO. The third-order valence-corrected chi connectivity index (χ3v) is 3.97. The molecule has 17 heavy (non-hydrogen) atoms. The predicted octanol–water partition coefficient (Wildman–Crippen LogP) is 3.73. The van der Waals surface area contributed by atoms with Gasteiger partial charge in [0.25, 0.3) is 0 Å². The zero-order chi connectivity index (χ0) is 12.5. The second-order valence-corrected chi connectivity index (χ2v) is 5.80. The molecule has 0 saturated heterocycles. The number of rotatable bonds is 7. The van der Waals surface area contributed by atoms with E-state index >= 15 is 0 Å². The smallest absolute Gasteiger partial charge is 0.219 e. The summed E-state index contributed by atoms with van der Waals surface area (Å²) in [6.07, 6.45) is 9.11. The van der Waals surface area contributed by atoms with E-state index in [1.165, 1.54) is 25.7 Å². The monoisotopic (exact) mass is 259 g/mol. The molecule has 0 heterocycles. The molecule has 1 saturated carbocycles. The van der Waals surface area contributed by atoms with Gasteiger partial charge >= 0.3 is 0 Å². The van der Waals surface area contributed by atoms with E-state index in [0.717, 1.165) is 37.6 Å². The minimum Gasteiger partial charge on any atom is -0.356 e. The predicted molar refractivity (Wildman–Crippen MR) is 73.3 cm³/mol. The minimum atomic E-state index is 0.193. The molecule has 0 aromatic rings. The van der Waals surface area contributed by atoms with Crippen LogP contribution in [0.25, 0.3) is 0 Å². The fraction of sp³-hybridized carbons (Fsp3) is 0.929. The molecule has 0 aromatic heterocycles. The third kappa shape index (κ3) is 6.92. The summed E-state index contributed by atoms with van der Waals surface area (Å²) in [4.78, 5) is 11.5. The number of carbonyl (C=O) groups is 1. The number of hydrogen-bond acceptors (Lipinski definition) is 1. The average Bonchev–Trinajstić information content (AvgIpc) is 2.29. The van der Waals surface area contributed by atoms with Gasteiger partial charge < -0.3 is 5.32 Å². The summed E-state index contributed by atoms with van der Waals surface area (Å²) in [5, 5.41) is 3.02. The van der Waals surface area contributed by atoms with Crippen LogP contribution < -0.4 is 5.32 Å². The minimum absolute atomic E-state index is 0.193. The zero-order valence-electron chi connectivity index (χ0n) is 11.0. The number of hydrogen-bond donors (Lipinski definition) is 1. The molecule has 0 bridgehead atoms. The molecular weight excluding hydrogens is 234 g/mol. The maximum atomic E-state index is 11.5. The van der Waals surface area contributed by atoms with Crippen molar-refractivity contribution >= 4 is 17.5 Å². The van der Waals surface area contributed by atoms with Crippen molar-refractivity contribution in [2.24, 2.45) is 11.8 Å². The largest absolute Gasteiger partial charge is 0.356 e. The van der Waals surface area contributed by atoms with E-state index in [4.69, 9.17) is 11.6 Å². The van der Waals surface area contributed by atoms with E-state index in [9.17, 15) is 4.79 Å². The van der Waals surface area contributed by atoms with Crippen molar-refractivity contribution in [3.8, 4) is 0 Å². The van der Waals surface area contributed by atoms with E-state index in [2.05, 4.69) is 12.2 Å². The molecule has 0 aliphatic heterocycles. The van der Waals surface area contributed by atoms with Crippen LogP contribution in [0.5, 0.6) is 0 Å². The highest BCUT2D eigenvalue weighted by molar-refractivity contribution is 6.17. The number of alkyl halides is 1. The molecule has 1 fully saturated rings. The SMILES string of the molecule is CC1CCCC(CCNC(=O)CCCCCl)C1. The van der Waals surface area contributed by atoms with Crippen LogP contribution in [0.3, 0.4) is 0 Å². The molecule has 2 unspecified atom stereocenters. The molecule has 1 aliphatic carbocycles. The van der Waals surface area contributed by atoms with E-state index in [-0.39, 0.29) is 5.91 Å². The first kappa shape index (κ1) is 14.8. The van der Waals surface area contributed by atoms with Crippen molar-refractivity contribution in [1.29, 1.82) is 0 Å². The van der Waals surface area contributed by atoms with Gasteiger partial charge in [-0.25, -0.2) is 0 Å². The van der Waals surface area contributed by atoms with Crippen LogP contribution in [-0.4, -0.2) is 18.3 Å². The Morgan fingerprint density at radius 3 is 2.88 bits per heavy atom. The summed E-state index contributed by atoms with van der Waals surface area (Å²) in [5.41, 5.74) is 0. The topological polar surface area (TPSA) is 29.1 Å². The van der Waals surface area contributed by atoms with Gasteiger partial charge in [-0.05, 0) is 37.5 Å².